The van der Waals surface area contributed by atoms with E-state index in [0.717, 1.165) is 50.3 Å². The molecule has 0 N–H and O–H groups in total. The van der Waals surface area contributed by atoms with Gasteiger partial charge in [-0.3, -0.25) is 19.7 Å². The zero-order chi connectivity index (χ0) is 13.9. The van der Waals surface area contributed by atoms with Gasteiger partial charge in [0.05, 0.1) is 30.2 Å². The first-order valence-corrected chi connectivity index (χ1v) is 6.64. The minimum absolute atomic E-state index is 0.102. The Morgan fingerprint density at radius 1 is 1.30 bits per heavy atom. The Hall–Kier alpha value is -1.99. The van der Waals surface area contributed by atoms with Gasteiger partial charge in [0.1, 0.15) is 0 Å². The molecule has 1 aromatic heterocycles. The SMILES string of the molecule is O=[N+]([O-])c1ccc2nn(CCN3CCOCC3)cc2c1. The molecule has 1 aromatic carbocycles. The molecule has 3 rings (SSSR count). The van der Waals surface area contributed by atoms with E-state index in [2.05, 4.69) is 10.00 Å². The quantitative estimate of drug-likeness (QED) is 0.621. The summed E-state index contributed by atoms with van der Waals surface area (Å²) in [5.41, 5.74) is 0.891. The van der Waals surface area contributed by atoms with Crippen LogP contribution in [0.1, 0.15) is 0 Å². The minimum Gasteiger partial charge on any atom is -0.379 e. The van der Waals surface area contributed by atoms with E-state index in [1.165, 1.54) is 6.07 Å². The van der Waals surface area contributed by atoms with Crippen LogP contribution in [0.15, 0.2) is 24.4 Å². The van der Waals surface area contributed by atoms with Gasteiger partial charge in [0, 0.05) is 43.4 Å². The van der Waals surface area contributed by atoms with Crippen molar-refractivity contribution in [3.63, 3.8) is 0 Å². The molecule has 20 heavy (non-hydrogen) atoms. The first-order valence-electron chi connectivity index (χ1n) is 6.64. The number of nitrogens with zero attached hydrogens (tertiary/aromatic N) is 4. The smallest absolute Gasteiger partial charge is 0.270 e. The lowest BCUT2D eigenvalue weighted by Crippen LogP contribution is -2.38. The summed E-state index contributed by atoms with van der Waals surface area (Å²) in [5.74, 6) is 0. The number of morpholine rings is 1. The van der Waals surface area contributed by atoms with Crippen LogP contribution in [0.5, 0.6) is 0 Å². The van der Waals surface area contributed by atoms with Crippen LogP contribution < -0.4 is 0 Å². The van der Waals surface area contributed by atoms with Crippen LogP contribution >= 0.6 is 0 Å². The van der Waals surface area contributed by atoms with Gasteiger partial charge in [0.2, 0.25) is 0 Å². The highest BCUT2D eigenvalue weighted by Crippen LogP contribution is 2.19. The topological polar surface area (TPSA) is 73.4 Å². The maximum absolute atomic E-state index is 10.7. The van der Waals surface area contributed by atoms with Crippen LogP contribution in [0.25, 0.3) is 10.9 Å². The molecule has 1 aliphatic heterocycles. The van der Waals surface area contributed by atoms with Gasteiger partial charge in [-0.05, 0) is 6.07 Å². The van der Waals surface area contributed by atoms with E-state index >= 15 is 0 Å². The van der Waals surface area contributed by atoms with Gasteiger partial charge in [-0.2, -0.15) is 5.10 Å². The number of ether oxygens (including phenoxy) is 1. The van der Waals surface area contributed by atoms with Gasteiger partial charge in [-0.25, -0.2) is 0 Å². The first-order chi connectivity index (χ1) is 9.72. The minimum atomic E-state index is -0.384. The van der Waals surface area contributed by atoms with Gasteiger partial charge >= 0.3 is 0 Å². The van der Waals surface area contributed by atoms with E-state index in [9.17, 15) is 10.1 Å². The van der Waals surface area contributed by atoms with Crippen LogP contribution in [0.2, 0.25) is 0 Å². The fraction of sp³-hybridized carbons (Fsp3) is 0.462. The lowest BCUT2D eigenvalue weighted by Gasteiger charge is -2.26. The van der Waals surface area contributed by atoms with Crippen molar-refractivity contribution in [1.82, 2.24) is 14.7 Å². The summed E-state index contributed by atoms with van der Waals surface area (Å²) in [6.07, 6.45) is 1.86. The molecule has 0 radical (unpaired) electrons. The molecule has 2 aromatic rings. The van der Waals surface area contributed by atoms with Crippen molar-refractivity contribution in [2.45, 2.75) is 6.54 Å². The molecule has 7 heteroatoms. The average Bonchev–Trinajstić information content (AvgIpc) is 2.88. The zero-order valence-corrected chi connectivity index (χ0v) is 11.1. The van der Waals surface area contributed by atoms with Crippen molar-refractivity contribution in [2.24, 2.45) is 0 Å². The van der Waals surface area contributed by atoms with Crippen molar-refractivity contribution < 1.29 is 9.66 Å². The molecule has 1 aliphatic rings. The largest absolute Gasteiger partial charge is 0.379 e. The molecule has 0 spiro atoms. The molecule has 1 fully saturated rings. The number of rotatable bonds is 4. The number of benzene rings is 1. The average molecular weight is 276 g/mol. The van der Waals surface area contributed by atoms with Crippen molar-refractivity contribution in [3.8, 4) is 0 Å². The molecule has 7 nitrogen and oxygen atoms in total. The van der Waals surface area contributed by atoms with E-state index in [-0.39, 0.29) is 10.6 Å². The highest BCUT2D eigenvalue weighted by molar-refractivity contribution is 5.80. The maximum Gasteiger partial charge on any atom is 0.270 e. The van der Waals surface area contributed by atoms with Crippen LogP contribution in [0.4, 0.5) is 5.69 Å². The highest BCUT2D eigenvalue weighted by atomic mass is 16.6. The Labute approximate surface area is 115 Å². The Kier molecular flexibility index (Phi) is 3.62. The standard InChI is InChI=1S/C13H16N4O3/c18-17(19)12-1-2-13-11(9-12)10-16(14-13)4-3-15-5-7-20-8-6-15/h1-2,9-10H,3-8H2. The van der Waals surface area contributed by atoms with Gasteiger partial charge in [-0.15, -0.1) is 0 Å². The number of aromatic nitrogens is 2. The fourth-order valence-corrected chi connectivity index (χ4v) is 2.36. The number of nitro benzene ring substituents is 1. The Morgan fingerprint density at radius 3 is 2.85 bits per heavy atom. The van der Waals surface area contributed by atoms with Gasteiger partial charge in [0.15, 0.2) is 0 Å². The zero-order valence-electron chi connectivity index (χ0n) is 11.1. The number of nitro groups is 1. The predicted octanol–water partition coefficient (Wildman–Crippen LogP) is 1.28. The summed E-state index contributed by atoms with van der Waals surface area (Å²) >= 11 is 0. The van der Waals surface area contributed by atoms with E-state index in [1.807, 2.05) is 10.9 Å². The third-order valence-electron chi connectivity index (χ3n) is 3.50. The second kappa shape index (κ2) is 5.56. The maximum atomic E-state index is 10.7. The molecule has 0 saturated carbocycles. The molecule has 0 amide bonds. The number of fused-ring (bicyclic) bond motifs is 1. The summed E-state index contributed by atoms with van der Waals surface area (Å²) in [6, 6.07) is 4.74. The van der Waals surface area contributed by atoms with Crippen LogP contribution in [-0.4, -0.2) is 52.5 Å². The summed E-state index contributed by atoms with van der Waals surface area (Å²) in [6.45, 7) is 5.17. The van der Waals surface area contributed by atoms with Crippen molar-refractivity contribution in [3.05, 3.63) is 34.5 Å². The predicted molar refractivity (Wildman–Crippen MR) is 73.6 cm³/mol. The second-order valence-corrected chi connectivity index (χ2v) is 4.85. The normalized spacial score (nSPS) is 16.6. The van der Waals surface area contributed by atoms with Crippen molar-refractivity contribution in [2.75, 3.05) is 32.8 Å². The number of hydrogen-bond acceptors (Lipinski definition) is 5. The number of hydrogen-bond donors (Lipinski definition) is 0. The molecular weight excluding hydrogens is 260 g/mol. The van der Waals surface area contributed by atoms with E-state index < -0.39 is 0 Å². The highest BCUT2D eigenvalue weighted by Gasteiger charge is 2.11. The molecule has 2 heterocycles. The molecule has 106 valence electrons. The van der Waals surface area contributed by atoms with Crippen LogP contribution in [-0.2, 0) is 11.3 Å². The monoisotopic (exact) mass is 276 g/mol. The third-order valence-corrected chi connectivity index (χ3v) is 3.50. The van der Waals surface area contributed by atoms with Gasteiger partial charge in [0.25, 0.3) is 5.69 Å². The lowest BCUT2D eigenvalue weighted by molar-refractivity contribution is -0.384. The molecule has 0 aliphatic carbocycles. The lowest BCUT2D eigenvalue weighted by atomic mass is 10.2. The summed E-state index contributed by atoms with van der Waals surface area (Å²) in [5, 5.41) is 16.0. The van der Waals surface area contributed by atoms with Crippen LogP contribution in [0.3, 0.4) is 0 Å². The van der Waals surface area contributed by atoms with E-state index in [1.54, 1.807) is 12.1 Å². The first kappa shape index (κ1) is 13.0. The molecule has 0 atom stereocenters. The van der Waals surface area contributed by atoms with E-state index in [0.29, 0.717) is 0 Å². The van der Waals surface area contributed by atoms with Crippen molar-refractivity contribution >= 4 is 16.6 Å². The molecule has 0 unspecified atom stereocenters. The Bertz CT molecular complexity index is 619. The fourth-order valence-electron chi connectivity index (χ4n) is 2.36. The van der Waals surface area contributed by atoms with Gasteiger partial charge in [-0.1, -0.05) is 0 Å². The molecule has 1 saturated heterocycles. The Morgan fingerprint density at radius 2 is 2.10 bits per heavy atom. The van der Waals surface area contributed by atoms with Gasteiger partial charge < -0.3 is 4.74 Å². The summed E-state index contributed by atoms with van der Waals surface area (Å²) < 4.78 is 7.16. The second-order valence-electron chi connectivity index (χ2n) is 4.85. The molecule has 0 bridgehead atoms. The Balaban J connectivity index is 1.70. The number of non-ortho nitro benzene ring substituents is 1. The summed E-state index contributed by atoms with van der Waals surface area (Å²) in [7, 11) is 0. The van der Waals surface area contributed by atoms with E-state index in [4.69, 9.17) is 4.74 Å². The van der Waals surface area contributed by atoms with Crippen LogP contribution in [0, 0.1) is 10.1 Å². The molecular formula is C13H16N4O3. The van der Waals surface area contributed by atoms with Crippen molar-refractivity contribution in [1.29, 1.82) is 0 Å². The third kappa shape index (κ3) is 2.78. The summed E-state index contributed by atoms with van der Waals surface area (Å²) in [4.78, 5) is 12.7.